The Hall–Kier alpha value is -2.87. The zero-order chi connectivity index (χ0) is 24.5. The number of halogens is 1. The maximum absolute atomic E-state index is 13.0. The number of rotatable bonds is 6. The van der Waals surface area contributed by atoms with Crippen LogP contribution in [0.15, 0.2) is 52.0 Å². The fourth-order valence-corrected chi connectivity index (χ4v) is 5.32. The van der Waals surface area contributed by atoms with Gasteiger partial charge in [0.05, 0.1) is 31.5 Å². The molecule has 0 N–H and O–H groups in total. The summed E-state index contributed by atoms with van der Waals surface area (Å²) < 4.78 is 11.6. The fraction of sp³-hybridized carbons (Fsp3) is 0.423. The van der Waals surface area contributed by atoms with Gasteiger partial charge in [0.25, 0.3) is 5.91 Å². The quantitative estimate of drug-likeness (QED) is 0.521. The van der Waals surface area contributed by atoms with Gasteiger partial charge in [0.2, 0.25) is 0 Å². The number of hydrogen-bond acceptors (Lipinski definition) is 6. The molecule has 8 heteroatoms. The van der Waals surface area contributed by atoms with E-state index in [4.69, 9.17) is 14.6 Å². The normalized spacial score (nSPS) is 20.1. The van der Waals surface area contributed by atoms with E-state index >= 15 is 0 Å². The lowest BCUT2D eigenvalue weighted by Gasteiger charge is -2.39. The van der Waals surface area contributed by atoms with E-state index in [1.54, 1.807) is 14.2 Å². The first-order chi connectivity index (χ1) is 16.3. The fourth-order valence-electron chi connectivity index (χ4n) is 4.87. The van der Waals surface area contributed by atoms with Crippen molar-refractivity contribution in [1.82, 2.24) is 9.91 Å². The molecule has 180 valence electrons. The van der Waals surface area contributed by atoms with Crippen molar-refractivity contribution >= 4 is 33.8 Å². The van der Waals surface area contributed by atoms with E-state index in [2.05, 4.69) is 15.9 Å². The third-order valence-corrected chi connectivity index (χ3v) is 7.56. The Morgan fingerprint density at radius 2 is 1.76 bits per heavy atom. The number of aldehydes is 1. The van der Waals surface area contributed by atoms with Gasteiger partial charge in [-0.3, -0.25) is 9.80 Å². The van der Waals surface area contributed by atoms with Crippen LogP contribution < -0.4 is 9.47 Å². The second kappa shape index (κ2) is 9.78. The Morgan fingerprint density at radius 3 is 2.38 bits per heavy atom. The first kappa shape index (κ1) is 24.3. The molecule has 4 rings (SSSR count). The van der Waals surface area contributed by atoms with E-state index in [9.17, 15) is 9.59 Å². The standard InChI is InChI=1S/C26H30BrN3O4/c1-26(2)23(16-31)30(28-24(26)17-9-10-21(33-3)22(15-17)34-4)18-11-13-29(14-12-18)25(32)19-7-5-6-8-20(19)27/h5-10,15-16,18,23H,11-14H2,1-4H3. The highest BCUT2D eigenvalue weighted by molar-refractivity contribution is 9.10. The lowest BCUT2D eigenvalue weighted by atomic mass is 9.78. The van der Waals surface area contributed by atoms with Gasteiger partial charge < -0.3 is 19.2 Å². The van der Waals surface area contributed by atoms with E-state index in [1.165, 1.54) is 0 Å². The predicted octanol–water partition coefficient (Wildman–Crippen LogP) is 4.38. The van der Waals surface area contributed by atoms with Crippen molar-refractivity contribution in [3.05, 3.63) is 58.1 Å². The minimum absolute atomic E-state index is 0.0223. The number of hydrazone groups is 1. The Labute approximate surface area is 208 Å². The molecule has 2 aliphatic rings. The largest absolute Gasteiger partial charge is 0.493 e. The molecule has 0 aliphatic carbocycles. The van der Waals surface area contributed by atoms with Gasteiger partial charge in [-0.05, 0) is 59.1 Å². The van der Waals surface area contributed by atoms with Crippen molar-refractivity contribution in [3.8, 4) is 11.5 Å². The highest BCUT2D eigenvalue weighted by Crippen LogP contribution is 2.40. The maximum Gasteiger partial charge on any atom is 0.254 e. The number of piperidine rings is 1. The van der Waals surface area contributed by atoms with E-state index in [0.717, 1.165) is 34.9 Å². The molecular formula is C26H30BrN3O4. The monoisotopic (exact) mass is 527 g/mol. The van der Waals surface area contributed by atoms with Crippen LogP contribution in [0.3, 0.4) is 0 Å². The van der Waals surface area contributed by atoms with Crippen molar-refractivity contribution in [2.45, 2.75) is 38.8 Å². The Balaban J connectivity index is 1.55. The summed E-state index contributed by atoms with van der Waals surface area (Å²) in [4.78, 5) is 27.1. The number of carbonyl (C=O) groups excluding carboxylic acids is 2. The van der Waals surface area contributed by atoms with Crippen LogP contribution in [-0.2, 0) is 4.79 Å². The van der Waals surface area contributed by atoms with Crippen LogP contribution >= 0.6 is 15.9 Å². The lowest BCUT2D eigenvalue weighted by molar-refractivity contribution is -0.115. The molecule has 1 fully saturated rings. The van der Waals surface area contributed by atoms with Crippen LogP contribution in [0.2, 0.25) is 0 Å². The second-order valence-electron chi connectivity index (χ2n) is 9.20. The van der Waals surface area contributed by atoms with Crippen molar-refractivity contribution in [1.29, 1.82) is 0 Å². The second-order valence-corrected chi connectivity index (χ2v) is 10.1. The maximum atomic E-state index is 13.0. The molecule has 34 heavy (non-hydrogen) atoms. The molecule has 7 nitrogen and oxygen atoms in total. The average Bonchev–Trinajstić information content (AvgIpc) is 3.13. The summed E-state index contributed by atoms with van der Waals surface area (Å²) in [6.07, 6.45) is 2.49. The zero-order valence-corrected chi connectivity index (χ0v) is 21.5. The number of nitrogens with zero attached hydrogens (tertiary/aromatic N) is 3. The number of hydrogen-bond donors (Lipinski definition) is 0. The van der Waals surface area contributed by atoms with Gasteiger partial charge in [-0.15, -0.1) is 0 Å². The van der Waals surface area contributed by atoms with Crippen LogP contribution in [0.4, 0.5) is 0 Å². The summed E-state index contributed by atoms with van der Waals surface area (Å²) in [5, 5.41) is 6.93. The molecule has 2 heterocycles. The van der Waals surface area contributed by atoms with Gasteiger partial charge in [0.1, 0.15) is 12.3 Å². The summed E-state index contributed by atoms with van der Waals surface area (Å²) >= 11 is 3.48. The number of carbonyl (C=O) groups is 2. The van der Waals surface area contributed by atoms with Crippen molar-refractivity contribution in [2.24, 2.45) is 10.5 Å². The summed E-state index contributed by atoms with van der Waals surface area (Å²) in [6.45, 7) is 5.34. The SMILES string of the molecule is COc1ccc(C2=NN(C3CCN(C(=O)c4ccccc4Br)CC3)C(C=O)C2(C)C)cc1OC. The first-order valence-electron chi connectivity index (χ1n) is 11.4. The molecule has 2 aromatic carbocycles. The summed E-state index contributed by atoms with van der Waals surface area (Å²) in [7, 11) is 3.21. The molecule has 1 unspecified atom stereocenters. The van der Waals surface area contributed by atoms with Gasteiger partial charge in [-0.2, -0.15) is 5.10 Å². The topological polar surface area (TPSA) is 71.4 Å². The highest BCUT2D eigenvalue weighted by atomic mass is 79.9. The summed E-state index contributed by atoms with van der Waals surface area (Å²) in [5.74, 6) is 1.29. The third kappa shape index (κ3) is 4.31. The van der Waals surface area contributed by atoms with Gasteiger partial charge in [0, 0.05) is 28.5 Å². The molecule has 1 saturated heterocycles. The number of methoxy groups -OCH3 is 2. The number of ether oxygens (including phenoxy) is 2. The van der Waals surface area contributed by atoms with Crippen LogP contribution in [0.5, 0.6) is 11.5 Å². The Kier molecular flexibility index (Phi) is 6.98. The molecule has 1 atom stereocenters. The average molecular weight is 528 g/mol. The lowest BCUT2D eigenvalue weighted by Crippen LogP contribution is -2.50. The van der Waals surface area contributed by atoms with Crippen LogP contribution in [-0.4, -0.2) is 67.2 Å². The van der Waals surface area contributed by atoms with Crippen molar-refractivity contribution in [3.63, 3.8) is 0 Å². The number of benzene rings is 2. The van der Waals surface area contributed by atoms with Crippen LogP contribution in [0.1, 0.15) is 42.6 Å². The molecule has 1 amide bonds. The highest BCUT2D eigenvalue weighted by Gasteiger charge is 2.47. The van der Waals surface area contributed by atoms with E-state index < -0.39 is 5.41 Å². The number of likely N-dealkylation sites (tertiary alicyclic amines) is 1. The van der Waals surface area contributed by atoms with E-state index in [1.807, 2.05) is 66.2 Å². The summed E-state index contributed by atoms with van der Waals surface area (Å²) in [5.41, 5.74) is 1.93. The molecule has 2 aromatic rings. The Morgan fingerprint density at radius 1 is 1.09 bits per heavy atom. The van der Waals surface area contributed by atoms with Crippen molar-refractivity contribution in [2.75, 3.05) is 27.3 Å². The minimum Gasteiger partial charge on any atom is -0.493 e. The van der Waals surface area contributed by atoms with E-state index in [-0.39, 0.29) is 18.0 Å². The predicted molar refractivity (Wildman–Crippen MR) is 135 cm³/mol. The van der Waals surface area contributed by atoms with Gasteiger partial charge in [0.15, 0.2) is 11.5 Å². The molecule has 0 radical (unpaired) electrons. The zero-order valence-electron chi connectivity index (χ0n) is 20.0. The molecule has 0 bridgehead atoms. The molecular weight excluding hydrogens is 498 g/mol. The Bertz CT molecular complexity index is 1110. The van der Waals surface area contributed by atoms with Crippen LogP contribution in [0, 0.1) is 5.41 Å². The van der Waals surface area contributed by atoms with Gasteiger partial charge >= 0.3 is 0 Å². The van der Waals surface area contributed by atoms with Crippen LogP contribution in [0.25, 0.3) is 0 Å². The summed E-state index contributed by atoms with van der Waals surface area (Å²) in [6, 6.07) is 12.9. The van der Waals surface area contributed by atoms with E-state index in [0.29, 0.717) is 30.2 Å². The number of amides is 1. The smallest absolute Gasteiger partial charge is 0.254 e. The molecule has 0 aromatic heterocycles. The van der Waals surface area contributed by atoms with Gasteiger partial charge in [-0.25, -0.2) is 0 Å². The first-order valence-corrected chi connectivity index (χ1v) is 12.2. The minimum atomic E-state index is -0.483. The molecule has 0 spiro atoms. The third-order valence-electron chi connectivity index (χ3n) is 6.87. The molecule has 0 saturated carbocycles. The molecule has 2 aliphatic heterocycles. The van der Waals surface area contributed by atoms with Crippen molar-refractivity contribution < 1.29 is 19.1 Å². The van der Waals surface area contributed by atoms with Gasteiger partial charge in [-0.1, -0.05) is 26.0 Å².